The van der Waals surface area contributed by atoms with Crippen LogP contribution in [-0.2, 0) is 0 Å². The molecule has 22 heavy (non-hydrogen) atoms. The van der Waals surface area contributed by atoms with Crippen molar-refractivity contribution in [1.82, 2.24) is 0 Å². The van der Waals surface area contributed by atoms with Gasteiger partial charge < -0.3 is 4.74 Å². The number of thiophene rings is 1. The summed E-state index contributed by atoms with van der Waals surface area (Å²) in [5.41, 5.74) is 9.12. The summed E-state index contributed by atoms with van der Waals surface area (Å²) in [7, 11) is 1.63. The third-order valence-electron chi connectivity index (χ3n) is 3.40. The number of aromatic nitrogens is 1. The Balaban J connectivity index is 2.18. The summed E-state index contributed by atoms with van der Waals surface area (Å²) in [6.07, 6.45) is 0. The Kier molecular flexibility index (Phi) is 3.77. The summed E-state index contributed by atoms with van der Waals surface area (Å²) >= 11 is 1.62. The van der Waals surface area contributed by atoms with Crippen LogP contribution in [0.5, 0.6) is 5.75 Å². The summed E-state index contributed by atoms with van der Waals surface area (Å²) in [5.74, 6) is 1.15. The minimum atomic E-state index is 0.374. The number of rotatable bonds is 3. The zero-order chi connectivity index (χ0) is 15.5. The van der Waals surface area contributed by atoms with Crippen LogP contribution in [0.3, 0.4) is 0 Å². The Morgan fingerprint density at radius 3 is 2.59 bits per heavy atom. The lowest BCUT2D eigenvalue weighted by molar-refractivity contribution is -0.346. The molecule has 0 saturated heterocycles. The molecule has 0 atom stereocenters. The number of nitriles is 1. The van der Waals surface area contributed by atoms with Gasteiger partial charge in [-0.05, 0) is 35.2 Å². The largest absolute Gasteiger partial charge is 0.497 e. The topological polar surface area (TPSA) is 73.2 Å². The van der Waals surface area contributed by atoms with E-state index in [-0.39, 0.29) is 0 Å². The first kappa shape index (κ1) is 14.1. The number of ether oxygens (including phenoxy) is 1. The van der Waals surface area contributed by atoms with Crippen LogP contribution in [0.15, 0.2) is 47.8 Å². The Hall–Kier alpha value is -2.84. The van der Waals surface area contributed by atoms with E-state index in [1.807, 2.05) is 47.8 Å². The number of benzene rings is 1. The van der Waals surface area contributed by atoms with Gasteiger partial charge in [0.2, 0.25) is 0 Å². The quantitative estimate of drug-likeness (QED) is 0.806. The normalized spacial score (nSPS) is 10.2. The molecule has 3 rings (SSSR count). The monoisotopic (exact) mass is 308 g/mol. The van der Waals surface area contributed by atoms with Crippen molar-refractivity contribution in [1.29, 1.82) is 5.26 Å². The maximum absolute atomic E-state index is 9.41. The predicted octanol–water partition coefficient (Wildman–Crippen LogP) is 3.36. The second-order valence-corrected chi connectivity index (χ2v) is 5.65. The van der Waals surface area contributed by atoms with Gasteiger partial charge >= 0.3 is 0 Å². The van der Waals surface area contributed by atoms with Gasteiger partial charge in [0.15, 0.2) is 0 Å². The number of nitrogens with zero attached hydrogens (tertiary/aromatic N) is 1. The average molecular weight is 308 g/mol. The number of hydrogen-bond donors (Lipinski definition) is 1. The summed E-state index contributed by atoms with van der Waals surface area (Å²) < 4.78 is 5.17. The molecule has 108 valence electrons. The number of nitrogen functional groups attached to an aromatic ring is 1. The van der Waals surface area contributed by atoms with Crippen LogP contribution >= 0.6 is 11.3 Å². The van der Waals surface area contributed by atoms with Crippen LogP contribution in [0.2, 0.25) is 0 Å². The van der Waals surface area contributed by atoms with Gasteiger partial charge in [0, 0.05) is 5.56 Å². The first-order valence-electron chi connectivity index (χ1n) is 6.67. The zero-order valence-corrected chi connectivity index (χ0v) is 12.8. The van der Waals surface area contributed by atoms with E-state index in [1.54, 1.807) is 18.4 Å². The standard InChI is InChI=1S/C17H13N3OS/c1-21-12-6-4-11(5-7-12)13-9-15(16-3-2-8-22-16)20-17(19)14(13)10-18/h2-9H,1H3,(H2,19,20)/p+1. The van der Waals surface area contributed by atoms with E-state index < -0.39 is 0 Å². The zero-order valence-electron chi connectivity index (χ0n) is 12.0. The minimum Gasteiger partial charge on any atom is -0.497 e. The molecule has 0 saturated carbocycles. The molecule has 2 heterocycles. The second kappa shape index (κ2) is 5.88. The number of nitrogens with two attached hydrogens (primary N) is 1. The third-order valence-corrected chi connectivity index (χ3v) is 4.30. The van der Waals surface area contributed by atoms with Crippen molar-refractivity contribution >= 4 is 17.2 Å². The molecule has 0 spiro atoms. The first-order chi connectivity index (χ1) is 10.7. The Labute approximate surface area is 132 Å². The molecule has 3 N–H and O–H groups in total. The maximum Gasteiger partial charge on any atom is 0.289 e. The van der Waals surface area contributed by atoms with Crippen LogP contribution in [-0.4, -0.2) is 7.11 Å². The number of methoxy groups -OCH3 is 1. The fraction of sp³-hybridized carbons (Fsp3) is 0.0588. The minimum absolute atomic E-state index is 0.374. The van der Waals surface area contributed by atoms with Gasteiger partial charge in [-0.25, -0.2) is 4.98 Å². The molecule has 0 radical (unpaired) electrons. The van der Waals surface area contributed by atoms with Gasteiger partial charge in [-0.2, -0.15) is 5.26 Å². The lowest BCUT2D eigenvalue weighted by Crippen LogP contribution is -2.16. The molecule has 0 fully saturated rings. The molecule has 3 aromatic rings. The molecule has 2 aromatic heterocycles. The summed E-state index contributed by atoms with van der Waals surface area (Å²) in [5, 5.41) is 11.4. The van der Waals surface area contributed by atoms with Crippen LogP contribution in [0.1, 0.15) is 5.56 Å². The summed E-state index contributed by atoms with van der Waals surface area (Å²) in [6.45, 7) is 0. The van der Waals surface area contributed by atoms with Crippen molar-refractivity contribution in [3.8, 4) is 33.5 Å². The Morgan fingerprint density at radius 1 is 1.23 bits per heavy atom. The maximum atomic E-state index is 9.41. The van der Waals surface area contributed by atoms with E-state index in [0.717, 1.165) is 27.4 Å². The number of aromatic amines is 1. The van der Waals surface area contributed by atoms with Crippen LogP contribution in [0, 0.1) is 11.3 Å². The van der Waals surface area contributed by atoms with E-state index in [9.17, 15) is 5.26 Å². The smallest absolute Gasteiger partial charge is 0.289 e. The number of anilines is 1. The molecule has 0 unspecified atom stereocenters. The van der Waals surface area contributed by atoms with Gasteiger partial charge in [-0.3, -0.25) is 5.73 Å². The van der Waals surface area contributed by atoms with Crippen LogP contribution in [0.25, 0.3) is 21.7 Å². The molecular weight excluding hydrogens is 294 g/mol. The van der Waals surface area contributed by atoms with Crippen molar-refractivity contribution in [2.24, 2.45) is 0 Å². The van der Waals surface area contributed by atoms with E-state index in [2.05, 4.69) is 11.1 Å². The van der Waals surface area contributed by atoms with Crippen molar-refractivity contribution < 1.29 is 9.72 Å². The molecular formula is C17H14N3OS+. The highest BCUT2D eigenvalue weighted by atomic mass is 32.1. The highest BCUT2D eigenvalue weighted by Gasteiger charge is 2.17. The average Bonchev–Trinajstić information content (AvgIpc) is 3.08. The fourth-order valence-corrected chi connectivity index (χ4v) is 2.99. The molecule has 5 heteroatoms. The highest BCUT2D eigenvalue weighted by molar-refractivity contribution is 7.13. The van der Waals surface area contributed by atoms with E-state index in [4.69, 9.17) is 10.5 Å². The van der Waals surface area contributed by atoms with Gasteiger partial charge in [-0.1, -0.05) is 18.2 Å². The van der Waals surface area contributed by atoms with Crippen molar-refractivity contribution in [3.63, 3.8) is 0 Å². The van der Waals surface area contributed by atoms with E-state index in [1.165, 1.54) is 0 Å². The molecule has 1 aromatic carbocycles. The Bertz CT molecular complexity index is 834. The molecule has 0 aliphatic heterocycles. The molecule has 0 bridgehead atoms. The van der Waals surface area contributed by atoms with Gasteiger partial charge in [-0.15, -0.1) is 11.3 Å². The first-order valence-corrected chi connectivity index (χ1v) is 7.55. The van der Waals surface area contributed by atoms with Crippen molar-refractivity contribution in [2.75, 3.05) is 12.8 Å². The molecule has 0 aliphatic carbocycles. The van der Waals surface area contributed by atoms with E-state index in [0.29, 0.717) is 11.4 Å². The number of nitrogens with one attached hydrogen (secondary N) is 1. The van der Waals surface area contributed by atoms with Crippen molar-refractivity contribution in [2.45, 2.75) is 0 Å². The van der Waals surface area contributed by atoms with Gasteiger partial charge in [0.25, 0.3) is 5.82 Å². The SMILES string of the molecule is COc1ccc(-c2cc(-c3cccs3)[nH+]c(N)c2C#N)cc1. The highest BCUT2D eigenvalue weighted by Crippen LogP contribution is 2.31. The van der Waals surface area contributed by atoms with Crippen LogP contribution < -0.4 is 15.5 Å². The van der Waals surface area contributed by atoms with Crippen molar-refractivity contribution in [3.05, 3.63) is 53.4 Å². The number of hydrogen-bond acceptors (Lipinski definition) is 4. The molecule has 0 amide bonds. The number of pyridine rings is 1. The summed E-state index contributed by atoms with van der Waals surface area (Å²) in [4.78, 5) is 4.18. The molecule has 4 nitrogen and oxygen atoms in total. The van der Waals surface area contributed by atoms with E-state index >= 15 is 0 Å². The Morgan fingerprint density at radius 2 is 2.00 bits per heavy atom. The van der Waals surface area contributed by atoms with Crippen LogP contribution in [0.4, 0.5) is 5.82 Å². The predicted molar refractivity (Wildman–Crippen MR) is 87.4 cm³/mol. The number of H-pyrrole nitrogens is 1. The lowest BCUT2D eigenvalue weighted by atomic mass is 10.00. The van der Waals surface area contributed by atoms with Gasteiger partial charge in [0.1, 0.15) is 23.1 Å². The second-order valence-electron chi connectivity index (χ2n) is 4.70. The third kappa shape index (κ3) is 2.52. The summed E-state index contributed by atoms with van der Waals surface area (Å²) in [6, 6.07) is 15.7. The fourth-order valence-electron chi connectivity index (χ4n) is 2.29. The molecule has 0 aliphatic rings. The lowest BCUT2D eigenvalue weighted by Gasteiger charge is -2.07. The van der Waals surface area contributed by atoms with Gasteiger partial charge in [0.05, 0.1) is 12.0 Å².